The van der Waals surface area contributed by atoms with Crippen LogP contribution in [0.2, 0.25) is 0 Å². The maximum atomic E-state index is 11.6. The van der Waals surface area contributed by atoms with Gasteiger partial charge in [0, 0.05) is 29.7 Å². The Morgan fingerprint density at radius 1 is 1.18 bits per heavy atom. The fourth-order valence-corrected chi connectivity index (χ4v) is 3.24. The zero-order valence-electron chi connectivity index (χ0n) is 14.5. The molecule has 0 spiro atoms. The van der Waals surface area contributed by atoms with Crippen LogP contribution in [-0.2, 0) is 11.2 Å². The summed E-state index contributed by atoms with van der Waals surface area (Å²) < 4.78 is 0. The number of likely N-dealkylation sites (N-methyl/N-ethyl adjacent to an activating group) is 1. The third kappa shape index (κ3) is 3.58. The molecule has 0 saturated heterocycles. The van der Waals surface area contributed by atoms with E-state index in [0.29, 0.717) is 0 Å². The molecule has 0 fully saturated rings. The monoisotopic (exact) mass is 300 g/mol. The first-order valence-electron chi connectivity index (χ1n) is 7.98. The first-order chi connectivity index (χ1) is 10.3. The Morgan fingerprint density at radius 3 is 2.36 bits per heavy atom. The van der Waals surface area contributed by atoms with Crippen molar-refractivity contribution in [1.82, 2.24) is 9.80 Å². The van der Waals surface area contributed by atoms with E-state index in [2.05, 4.69) is 57.9 Å². The van der Waals surface area contributed by atoms with Crippen LogP contribution in [0.1, 0.15) is 39.7 Å². The third-order valence-corrected chi connectivity index (χ3v) is 4.89. The summed E-state index contributed by atoms with van der Waals surface area (Å²) in [5, 5.41) is 0. The van der Waals surface area contributed by atoms with Gasteiger partial charge in [-0.1, -0.05) is 30.3 Å². The van der Waals surface area contributed by atoms with Gasteiger partial charge in [0.15, 0.2) is 0 Å². The van der Waals surface area contributed by atoms with Gasteiger partial charge in [-0.2, -0.15) is 0 Å². The average Bonchev–Trinajstić information content (AvgIpc) is 2.46. The van der Waals surface area contributed by atoms with E-state index < -0.39 is 0 Å². The van der Waals surface area contributed by atoms with Crippen LogP contribution >= 0.6 is 0 Å². The second-order valence-electron chi connectivity index (χ2n) is 7.37. The molecule has 1 aliphatic rings. The van der Waals surface area contributed by atoms with E-state index >= 15 is 0 Å². The van der Waals surface area contributed by atoms with Gasteiger partial charge >= 0.3 is 0 Å². The average molecular weight is 300 g/mol. The fraction of sp³-hybridized carbons (Fsp3) is 0.526. The Kier molecular flexibility index (Phi) is 4.76. The molecule has 120 valence electrons. The van der Waals surface area contributed by atoms with Gasteiger partial charge in [0.25, 0.3) is 0 Å². The van der Waals surface area contributed by atoms with Crippen molar-refractivity contribution in [3.8, 4) is 0 Å². The van der Waals surface area contributed by atoms with Gasteiger partial charge < -0.3 is 4.90 Å². The molecule has 1 aromatic rings. The van der Waals surface area contributed by atoms with Crippen molar-refractivity contribution in [3.05, 3.63) is 47.7 Å². The summed E-state index contributed by atoms with van der Waals surface area (Å²) >= 11 is 0. The molecule has 1 aliphatic heterocycles. The van der Waals surface area contributed by atoms with E-state index in [1.807, 2.05) is 23.1 Å². The zero-order chi connectivity index (χ0) is 16.4. The first kappa shape index (κ1) is 16.8. The summed E-state index contributed by atoms with van der Waals surface area (Å²) in [6.45, 7) is 9.61. The van der Waals surface area contributed by atoms with E-state index in [1.54, 1.807) is 0 Å². The molecule has 0 unspecified atom stereocenters. The van der Waals surface area contributed by atoms with Gasteiger partial charge in [0.1, 0.15) is 0 Å². The van der Waals surface area contributed by atoms with Crippen LogP contribution < -0.4 is 0 Å². The van der Waals surface area contributed by atoms with Crippen molar-refractivity contribution in [2.75, 3.05) is 13.6 Å². The van der Waals surface area contributed by atoms with Crippen molar-refractivity contribution in [3.63, 3.8) is 0 Å². The Morgan fingerprint density at radius 2 is 1.82 bits per heavy atom. The molecule has 0 atom stereocenters. The molecule has 0 saturated carbocycles. The standard InChI is InChI=1S/C19H28N2O/c1-18(2)13-17(14-19(3,4)20(18)5)21(15-22)12-11-16-9-7-6-8-10-16/h6-10,13,15H,11-12,14H2,1-5H3. The van der Waals surface area contributed by atoms with Crippen LogP contribution in [0.25, 0.3) is 0 Å². The second-order valence-corrected chi connectivity index (χ2v) is 7.37. The van der Waals surface area contributed by atoms with E-state index in [1.165, 1.54) is 5.56 Å². The van der Waals surface area contributed by atoms with Crippen molar-refractivity contribution >= 4 is 6.41 Å². The van der Waals surface area contributed by atoms with Gasteiger partial charge in [-0.05, 0) is 52.8 Å². The minimum atomic E-state index is -0.0505. The molecule has 0 N–H and O–H groups in total. The van der Waals surface area contributed by atoms with Crippen molar-refractivity contribution in [1.29, 1.82) is 0 Å². The van der Waals surface area contributed by atoms with Crippen LogP contribution in [0, 0.1) is 0 Å². The molecular weight excluding hydrogens is 272 g/mol. The maximum absolute atomic E-state index is 11.6. The molecule has 2 rings (SSSR count). The molecule has 1 amide bonds. The minimum Gasteiger partial charge on any atom is -0.319 e. The van der Waals surface area contributed by atoms with Crippen LogP contribution in [0.4, 0.5) is 0 Å². The summed E-state index contributed by atoms with van der Waals surface area (Å²) in [5.41, 5.74) is 2.40. The van der Waals surface area contributed by atoms with Gasteiger partial charge in [-0.25, -0.2) is 0 Å². The maximum Gasteiger partial charge on any atom is 0.213 e. The molecular formula is C19H28N2O. The van der Waals surface area contributed by atoms with E-state index in [4.69, 9.17) is 0 Å². The molecule has 0 aromatic heterocycles. The summed E-state index contributed by atoms with van der Waals surface area (Å²) in [6, 6.07) is 10.3. The fourth-order valence-electron chi connectivity index (χ4n) is 3.24. The van der Waals surface area contributed by atoms with Crippen molar-refractivity contribution in [2.24, 2.45) is 0 Å². The SMILES string of the molecule is CN1C(C)(C)C=C(N(C=O)CCc2ccccc2)CC1(C)C. The number of amides is 1. The Bertz CT molecular complexity index is 546. The number of benzene rings is 1. The zero-order valence-corrected chi connectivity index (χ0v) is 14.5. The number of carbonyl (C=O) groups excluding carboxylic acids is 1. The highest BCUT2D eigenvalue weighted by molar-refractivity contribution is 5.52. The van der Waals surface area contributed by atoms with E-state index in [-0.39, 0.29) is 11.1 Å². The lowest BCUT2D eigenvalue weighted by Crippen LogP contribution is -2.56. The molecule has 3 heteroatoms. The predicted octanol–water partition coefficient (Wildman–Crippen LogP) is 3.46. The highest BCUT2D eigenvalue weighted by Crippen LogP contribution is 2.36. The van der Waals surface area contributed by atoms with Crippen LogP contribution in [0.3, 0.4) is 0 Å². The largest absolute Gasteiger partial charge is 0.319 e. The first-order valence-corrected chi connectivity index (χ1v) is 7.98. The third-order valence-electron chi connectivity index (χ3n) is 4.89. The number of carbonyl (C=O) groups is 1. The Labute approximate surface area is 134 Å². The predicted molar refractivity (Wildman–Crippen MR) is 91.5 cm³/mol. The highest BCUT2D eigenvalue weighted by atomic mass is 16.1. The van der Waals surface area contributed by atoms with Gasteiger partial charge in [0.2, 0.25) is 6.41 Å². The summed E-state index contributed by atoms with van der Waals surface area (Å²) in [7, 11) is 2.16. The highest BCUT2D eigenvalue weighted by Gasteiger charge is 2.39. The Balaban J connectivity index is 2.15. The number of rotatable bonds is 5. The second kappa shape index (κ2) is 6.25. The Hall–Kier alpha value is -1.61. The van der Waals surface area contributed by atoms with Crippen molar-refractivity contribution in [2.45, 2.75) is 51.6 Å². The number of hydrogen-bond acceptors (Lipinski definition) is 2. The quantitative estimate of drug-likeness (QED) is 0.777. The minimum absolute atomic E-state index is 0.0432. The van der Waals surface area contributed by atoms with E-state index in [9.17, 15) is 4.79 Å². The molecule has 22 heavy (non-hydrogen) atoms. The molecule has 1 heterocycles. The lowest BCUT2D eigenvalue weighted by molar-refractivity contribution is -0.117. The van der Waals surface area contributed by atoms with Crippen molar-refractivity contribution < 1.29 is 4.79 Å². The molecule has 0 radical (unpaired) electrons. The van der Waals surface area contributed by atoms with E-state index in [0.717, 1.165) is 31.5 Å². The molecule has 0 aliphatic carbocycles. The molecule has 3 nitrogen and oxygen atoms in total. The summed E-state index contributed by atoms with van der Waals surface area (Å²) in [4.78, 5) is 15.9. The normalized spacial score (nSPS) is 20.3. The van der Waals surface area contributed by atoms with Gasteiger partial charge in [-0.15, -0.1) is 0 Å². The van der Waals surface area contributed by atoms with Crippen LogP contribution in [0.5, 0.6) is 0 Å². The molecule has 1 aromatic carbocycles. The van der Waals surface area contributed by atoms with Gasteiger partial charge in [0.05, 0.1) is 0 Å². The van der Waals surface area contributed by atoms with Gasteiger partial charge in [-0.3, -0.25) is 9.69 Å². The molecule has 0 bridgehead atoms. The van der Waals surface area contributed by atoms with Crippen LogP contribution in [-0.4, -0.2) is 40.9 Å². The number of nitrogens with zero attached hydrogens (tertiary/aromatic N) is 2. The smallest absolute Gasteiger partial charge is 0.213 e. The topological polar surface area (TPSA) is 23.6 Å². The summed E-state index contributed by atoms with van der Waals surface area (Å²) in [6.07, 6.45) is 4.98. The summed E-state index contributed by atoms with van der Waals surface area (Å²) in [5.74, 6) is 0. The lowest BCUT2D eigenvalue weighted by atomic mass is 9.83. The number of hydrogen-bond donors (Lipinski definition) is 0. The van der Waals surface area contributed by atoms with Crippen LogP contribution in [0.15, 0.2) is 42.1 Å². The lowest BCUT2D eigenvalue weighted by Gasteiger charge is -2.50.